The zero-order chi connectivity index (χ0) is 26.5. The van der Waals surface area contributed by atoms with E-state index in [1.54, 1.807) is 6.07 Å². The molecule has 0 saturated carbocycles. The molecule has 2 aromatic carbocycles. The maximum absolute atomic E-state index is 13.9. The van der Waals surface area contributed by atoms with Gasteiger partial charge in [-0.15, -0.1) is 0 Å². The van der Waals surface area contributed by atoms with E-state index in [1.807, 2.05) is 0 Å². The molecule has 1 amide bonds. The first-order chi connectivity index (χ1) is 16.9. The van der Waals surface area contributed by atoms with Crippen LogP contribution in [0.15, 0.2) is 48.7 Å². The van der Waals surface area contributed by atoms with E-state index in [4.69, 9.17) is 16.3 Å². The average Bonchev–Trinajstić information content (AvgIpc) is 2.78. The Bertz CT molecular complexity index is 1210. The molecule has 6 nitrogen and oxygen atoms in total. The number of benzene rings is 2. The van der Waals surface area contributed by atoms with Crippen LogP contribution in [-0.4, -0.2) is 47.4 Å². The fraction of sp³-hybridized carbons (Fsp3) is 0.360. The minimum atomic E-state index is -2.75. The van der Waals surface area contributed by atoms with Gasteiger partial charge in [-0.2, -0.15) is 4.90 Å². The van der Waals surface area contributed by atoms with Gasteiger partial charge in [0.05, 0.1) is 10.6 Å². The summed E-state index contributed by atoms with van der Waals surface area (Å²) in [5.74, 6) is -1.04. The molecule has 1 atom stereocenters. The van der Waals surface area contributed by atoms with E-state index in [2.05, 4.69) is 10.3 Å². The van der Waals surface area contributed by atoms with Crippen LogP contribution in [0.25, 0.3) is 10.8 Å². The fourth-order valence-electron chi connectivity index (χ4n) is 3.77. The Morgan fingerprint density at radius 3 is 2.64 bits per heavy atom. The second-order valence-electron chi connectivity index (χ2n) is 8.99. The van der Waals surface area contributed by atoms with E-state index in [-0.39, 0.29) is 36.0 Å². The van der Waals surface area contributed by atoms with Gasteiger partial charge in [0.25, 0.3) is 6.43 Å². The highest BCUT2D eigenvalue weighted by Crippen LogP contribution is 2.24. The zero-order valence-corrected chi connectivity index (χ0v) is 20.4. The van der Waals surface area contributed by atoms with Crippen LogP contribution in [0.4, 0.5) is 28.2 Å². The quantitative estimate of drug-likeness (QED) is 0.256. The van der Waals surface area contributed by atoms with Crippen molar-refractivity contribution in [3.05, 3.63) is 70.9 Å². The third-order valence-corrected chi connectivity index (χ3v) is 5.77. The van der Waals surface area contributed by atoms with Crippen molar-refractivity contribution < 1.29 is 32.2 Å². The van der Waals surface area contributed by atoms with E-state index >= 15 is 0 Å². The molecular formula is C25H26ClF4N3O3+. The van der Waals surface area contributed by atoms with Crippen molar-refractivity contribution in [1.29, 1.82) is 0 Å². The number of nitrogens with one attached hydrogen (secondary N) is 1. The molecule has 0 aliphatic carbocycles. The van der Waals surface area contributed by atoms with Crippen LogP contribution in [0.5, 0.6) is 0 Å². The maximum Gasteiger partial charge on any atom is 0.413 e. The molecule has 0 fully saturated rings. The molecule has 3 rings (SSSR count). The van der Waals surface area contributed by atoms with Crippen molar-refractivity contribution in [2.75, 3.05) is 18.5 Å². The maximum atomic E-state index is 13.9. The number of aliphatic hydroxyl groups is 1. The van der Waals surface area contributed by atoms with Crippen molar-refractivity contribution in [1.82, 2.24) is 9.88 Å². The third-order valence-electron chi connectivity index (χ3n) is 5.35. The first-order valence-electron chi connectivity index (χ1n) is 11.1. The molecule has 193 valence electrons. The first kappa shape index (κ1) is 27.6. The number of rotatable bonds is 10. The number of halogens is 5. The van der Waals surface area contributed by atoms with Gasteiger partial charge in [-0.25, -0.2) is 27.3 Å². The third kappa shape index (κ3) is 8.04. The molecule has 11 heteroatoms. The number of amides is 1. The highest BCUT2D eigenvalue weighted by Gasteiger charge is 2.37. The number of nitrogens with zero attached hydrogens (tertiary/aromatic N) is 2. The van der Waals surface area contributed by atoms with Crippen LogP contribution in [0.1, 0.15) is 25.8 Å². The number of fused-ring (bicyclic) bond motifs is 1. The van der Waals surface area contributed by atoms with E-state index < -0.39 is 42.3 Å². The molecule has 3 aromatic rings. The SMILES string of the molecule is CC(C)(O)C[C@@H](COC(=O)Nc1cc2cc(F)ccc2cn1)[N+](Cc1cccc(F)c1Cl)CC(F)F. The number of carbonyl (C=O) groups excluding carboxylic acids is 1. The summed E-state index contributed by atoms with van der Waals surface area (Å²) in [5, 5.41) is 13.8. The van der Waals surface area contributed by atoms with Crippen LogP contribution in [0, 0.1) is 11.6 Å². The number of hydrogen-bond acceptors (Lipinski definition) is 5. The molecule has 0 aliphatic rings. The standard InChI is InChI=1S/C25H26ClF4N3O3/c1-25(2,35)10-19(33(13-21(29)30)12-16-4-3-5-20(28)23(16)26)14-36-24(34)32-22-9-17-8-18(27)7-6-15(17)11-31-22/h3-9,11,19,21,35H,10,12-14H2,1-2H3,(H,31,32,34)/q+1/t19-/m0/s1. The molecule has 0 aliphatic heterocycles. The van der Waals surface area contributed by atoms with Crippen LogP contribution < -0.4 is 10.2 Å². The summed E-state index contributed by atoms with van der Waals surface area (Å²) < 4.78 is 59.6. The predicted molar refractivity (Wildman–Crippen MR) is 129 cm³/mol. The van der Waals surface area contributed by atoms with Crippen molar-refractivity contribution in [3.63, 3.8) is 0 Å². The zero-order valence-electron chi connectivity index (χ0n) is 19.6. The monoisotopic (exact) mass is 527 g/mol. The molecule has 1 heterocycles. The topological polar surface area (TPSA) is 77.4 Å². The Balaban J connectivity index is 1.75. The predicted octanol–water partition coefficient (Wildman–Crippen LogP) is 5.85. The summed E-state index contributed by atoms with van der Waals surface area (Å²) in [6, 6.07) is 8.79. The lowest BCUT2D eigenvalue weighted by atomic mass is 9.98. The second-order valence-corrected chi connectivity index (χ2v) is 9.37. The van der Waals surface area contributed by atoms with Gasteiger partial charge in [0.1, 0.15) is 30.6 Å². The van der Waals surface area contributed by atoms with Crippen LogP contribution in [0.2, 0.25) is 5.02 Å². The summed E-state index contributed by atoms with van der Waals surface area (Å²) in [7, 11) is 0. The fourth-order valence-corrected chi connectivity index (χ4v) is 3.96. The summed E-state index contributed by atoms with van der Waals surface area (Å²) >= 11 is 6.02. The summed E-state index contributed by atoms with van der Waals surface area (Å²) in [5.41, 5.74) is -1.02. The largest absolute Gasteiger partial charge is 0.443 e. The van der Waals surface area contributed by atoms with E-state index in [9.17, 15) is 27.5 Å². The van der Waals surface area contributed by atoms with E-state index in [0.29, 0.717) is 10.8 Å². The molecule has 36 heavy (non-hydrogen) atoms. The molecule has 0 bridgehead atoms. The van der Waals surface area contributed by atoms with Crippen molar-refractivity contribution in [2.24, 2.45) is 0 Å². The molecule has 1 aromatic heterocycles. The number of aromatic nitrogens is 1. The summed E-state index contributed by atoms with van der Waals surface area (Å²) in [6.45, 7) is 1.74. The Labute approximate surface area is 210 Å². The molecule has 1 radical (unpaired) electrons. The van der Waals surface area contributed by atoms with E-state index in [0.717, 1.165) is 6.07 Å². The van der Waals surface area contributed by atoms with Gasteiger partial charge in [-0.05, 0) is 49.6 Å². The number of ether oxygens (including phenoxy) is 1. The van der Waals surface area contributed by atoms with Crippen LogP contribution >= 0.6 is 11.6 Å². The van der Waals surface area contributed by atoms with Gasteiger partial charge in [0.15, 0.2) is 12.6 Å². The number of pyridine rings is 1. The number of alkyl halides is 2. The number of carbonyl (C=O) groups is 1. The molecule has 0 spiro atoms. The van der Waals surface area contributed by atoms with Crippen molar-refractivity contribution in [3.8, 4) is 0 Å². The van der Waals surface area contributed by atoms with E-state index in [1.165, 1.54) is 55.3 Å². The lowest BCUT2D eigenvalue weighted by Crippen LogP contribution is -2.49. The lowest BCUT2D eigenvalue weighted by molar-refractivity contribution is 0.0202. The molecule has 2 N–H and O–H groups in total. The Morgan fingerprint density at radius 1 is 1.19 bits per heavy atom. The Hall–Kier alpha value is -2.95. The normalized spacial score (nSPS) is 12.8. The Morgan fingerprint density at radius 2 is 1.94 bits per heavy atom. The minimum Gasteiger partial charge on any atom is -0.443 e. The van der Waals surface area contributed by atoms with Gasteiger partial charge in [0, 0.05) is 23.6 Å². The number of hydrogen-bond donors (Lipinski definition) is 2. The minimum absolute atomic E-state index is 0.0343. The van der Waals surface area contributed by atoms with Gasteiger partial charge in [0.2, 0.25) is 0 Å². The summed E-state index contributed by atoms with van der Waals surface area (Å²) in [6.07, 6.45) is -2.25. The number of anilines is 1. The van der Waals surface area contributed by atoms with Crippen molar-refractivity contribution in [2.45, 2.75) is 44.9 Å². The highest BCUT2D eigenvalue weighted by atomic mass is 35.5. The second kappa shape index (κ2) is 11.9. The van der Waals surface area contributed by atoms with Gasteiger partial charge in [-0.3, -0.25) is 5.32 Å². The van der Waals surface area contributed by atoms with Gasteiger partial charge >= 0.3 is 6.09 Å². The van der Waals surface area contributed by atoms with Gasteiger partial charge in [-0.1, -0.05) is 23.7 Å². The molecule has 0 saturated heterocycles. The Kier molecular flexibility index (Phi) is 9.10. The van der Waals surface area contributed by atoms with Crippen LogP contribution in [-0.2, 0) is 11.3 Å². The highest BCUT2D eigenvalue weighted by molar-refractivity contribution is 6.31. The van der Waals surface area contributed by atoms with Gasteiger partial charge < -0.3 is 9.84 Å². The average molecular weight is 528 g/mol. The smallest absolute Gasteiger partial charge is 0.413 e. The first-order valence-corrected chi connectivity index (χ1v) is 11.5. The molecule has 0 unspecified atom stereocenters. The van der Waals surface area contributed by atoms with Crippen LogP contribution in [0.3, 0.4) is 0 Å². The molecular weight excluding hydrogens is 502 g/mol. The van der Waals surface area contributed by atoms with Crippen molar-refractivity contribution >= 4 is 34.3 Å². The lowest BCUT2D eigenvalue weighted by Gasteiger charge is -2.27. The summed E-state index contributed by atoms with van der Waals surface area (Å²) in [4.78, 5) is 17.8.